The van der Waals surface area contributed by atoms with Crippen LogP contribution in [0, 0.1) is 0 Å². The van der Waals surface area contributed by atoms with Gasteiger partial charge in [-0.25, -0.2) is 4.39 Å². The molecule has 0 saturated heterocycles. The first-order chi connectivity index (χ1) is 11.0. The highest BCUT2D eigenvalue weighted by atomic mass is 19.1. The van der Waals surface area contributed by atoms with E-state index in [-0.39, 0.29) is 12.5 Å². The van der Waals surface area contributed by atoms with Crippen molar-refractivity contribution in [1.82, 2.24) is 10.6 Å². The maximum Gasteiger partial charge on any atom is 0.216 e. The van der Waals surface area contributed by atoms with Crippen LogP contribution in [0.1, 0.15) is 34.1 Å². The minimum absolute atomic E-state index is 0.0319. The van der Waals surface area contributed by atoms with Crippen molar-refractivity contribution in [3.8, 4) is 0 Å². The Hall–Kier alpha value is -0.760. The Morgan fingerprint density at radius 1 is 1.09 bits per heavy atom. The van der Waals surface area contributed by atoms with E-state index < -0.39 is 12.3 Å². The molecule has 0 aromatic heterocycles. The Labute approximate surface area is 139 Å². The molecule has 23 heavy (non-hydrogen) atoms. The Balaban J connectivity index is 3.33. The number of hydrogen-bond acceptors (Lipinski definition) is 5. The van der Waals surface area contributed by atoms with E-state index in [2.05, 4.69) is 24.5 Å². The first-order valence-electron chi connectivity index (χ1n) is 8.36. The largest absolute Gasteiger partial charge is 0.378 e. The van der Waals surface area contributed by atoms with Crippen LogP contribution in [0.25, 0.3) is 0 Å². The average Bonchev–Trinajstić information content (AvgIpc) is 2.53. The minimum Gasteiger partial charge on any atom is -0.378 e. The molecule has 3 unspecified atom stereocenters. The summed E-state index contributed by atoms with van der Waals surface area (Å²) in [5.41, 5.74) is 0. The van der Waals surface area contributed by atoms with Crippen LogP contribution in [0.5, 0.6) is 0 Å². The van der Waals surface area contributed by atoms with Gasteiger partial charge in [0.2, 0.25) is 5.91 Å². The highest BCUT2D eigenvalue weighted by Crippen LogP contribution is 2.02. The maximum absolute atomic E-state index is 13.6. The molecule has 0 spiro atoms. The Morgan fingerprint density at radius 2 is 1.70 bits per heavy atom. The van der Waals surface area contributed by atoms with Gasteiger partial charge in [-0.2, -0.15) is 0 Å². The first kappa shape index (κ1) is 22.2. The summed E-state index contributed by atoms with van der Waals surface area (Å²) in [5, 5.41) is 5.76. The lowest BCUT2D eigenvalue weighted by Crippen LogP contribution is -2.35. The van der Waals surface area contributed by atoms with Gasteiger partial charge in [-0.3, -0.25) is 4.79 Å². The van der Waals surface area contributed by atoms with Gasteiger partial charge in [-0.15, -0.1) is 0 Å². The zero-order valence-corrected chi connectivity index (χ0v) is 14.9. The van der Waals surface area contributed by atoms with Crippen LogP contribution < -0.4 is 10.6 Å². The van der Waals surface area contributed by atoms with Crippen LogP contribution in [-0.4, -0.2) is 70.3 Å². The van der Waals surface area contributed by atoms with Crippen molar-refractivity contribution >= 4 is 5.91 Å². The SMILES string of the molecule is CCC(C)NCCOCCOCCOC(C)C(F)CNC(C)=O. The average molecular weight is 336 g/mol. The summed E-state index contributed by atoms with van der Waals surface area (Å²) >= 11 is 0. The van der Waals surface area contributed by atoms with Gasteiger partial charge < -0.3 is 24.8 Å². The van der Waals surface area contributed by atoms with E-state index in [0.717, 1.165) is 13.0 Å². The van der Waals surface area contributed by atoms with Crippen LogP contribution in [0.15, 0.2) is 0 Å². The van der Waals surface area contributed by atoms with Gasteiger partial charge in [0.25, 0.3) is 0 Å². The lowest BCUT2D eigenvalue weighted by Gasteiger charge is -2.17. The smallest absolute Gasteiger partial charge is 0.216 e. The summed E-state index contributed by atoms with van der Waals surface area (Å²) in [6.07, 6.45) is -0.694. The topological polar surface area (TPSA) is 68.8 Å². The molecule has 6 nitrogen and oxygen atoms in total. The summed E-state index contributed by atoms with van der Waals surface area (Å²) in [6.45, 7) is 10.5. The first-order valence-corrected chi connectivity index (χ1v) is 8.36. The number of hydrogen-bond donors (Lipinski definition) is 2. The summed E-state index contributed by atoms with van der Waals surface area (Å²) < 4.78 is 29.7. The molecule has 7 heteroatoms. The molecule has 0 radical (unpaired) electrons. The van der Waals surface area contributed by atoms with Gasteiger partial charge in [-0.1, -0.05) is 6.92 Å². The van der Waals surface area contributed by atoms with E-state index >= 15 is 0 Å². The molecule has 2 N–H and O–H groups in total. The van der Waals surface area contributed by atoms with Gasteiger partial charge in [0, 0.05) is 19.5 Å². The summed E-state index contributed by atoms with van der Waals surface area (Å²) in [5.74, 6) is -0.248. The molecular weight excluding hydrogens is 303 g/mol. The highest BCUT2D eigenvalue weighted by Gasteiger charge is 2.16. The second-order valence-corrected chi connectivity index (χ2v) is 5.52. The molecule has 0 rings (SSSR count). The fourth-order valence-corrected chi connectivity index (χ4v) is 1.65. The van der Waals surface area contributed by atoms with Gasteiger partial charge in [0.05, 0.1) is 45.7 Å². The van der Waals surface area contributed by atoms with Crippen LogP contribution in [0.3, 0.4) is 0 Å². The molecule has 0 aromatic rings. The Morgan fingerprint density at radius 3 is 2.30 bits per heavy atom. The highest BCUT2D eigenvalue weighted by molar-refractivity contribution is 5.72. The molecule has 1 amide bonds. The fraction of sp³-hybridized carbons (Fsp3) is 0.938. The van der Waals surface area contributed by atoms with E-state index in [4.69, 9.17) is 14.2 Å². The van der Waals surface area contributed by atoms with Gasteiger partial charge in [0.1, 0.15) is 6.17 Å². The number of carbonyl (C=O) groups is 1. The Kier molecular flexibility index (Phi) is 14.3. The van der Waals surface area contributed by atoms with Crippen LogP contribution in [0.4, 0.5) is 4.39 Å². The van der Waals surface area contributed by atoms with Crippen molar-refractivity contribution in [2.45, 2.75) is 52.4 Å². The molecule has 0 aliphatic heterocycles. The third-order valence-corrected chi connectivity index (χ3v) is 3.39. The number of nitrogens with one attached hydrogen (secondary N) is 2. The van der Waals surface area contributed by atoms with Crippen molar-refractivity contribution in [2.75, 3.05) is 46.1 Å². The molecule has 0 saturated carbocycles. The maximum atomic E-state index is 13.6. The summed E-state index contributed by atoms with van der Waals surface area (Å²) in [7, 11) is 0. The number of carbonyl (C=O) groups excluding carboxylic acids is 1. The van der Waals surface area contributed by atoms with Crippen molar-refractivity contribution in [2.24, 2.45) is 0 Å². The Bertz CT molecular complexity index is 295. The lowest BCUT2D eigenvalue weighted by atomic mass is 10.2. The lowest BCUT2D eigenvalue weighted by molar-refractivity contribution is -0.119. The second-order valence-electron chi connectivity index (χ2n) is 5.52. The number of ether oxygens (including phenoxy) is 3. The monoisotopic (exact) mass is 336 g/mol. The summed E-state index contributed by atoms with van der Waals surface area (Å²) in [6, 6.07) is 0.513. The zero-order valence-electron chi connectivity index (χ0n) is 14.9. The quantitative estimate of drug-likeness (QED) is 0.441. The van der Waals surface area contributed by atoms with Gasteiger partial charge in [-0.05, 0) is 20.3 Å². The predicted octanol–water partition coefficient (Wildman–Crippen LogP) is 1.29. The van der Waals surface area contributed by atoms with Gasteiger partial charge in [0.15, 0.2) is 0 Å². The van der Waals surface area contributed by atoms with Crippen molar-refractivity contribution in [3.05, 3.63) is 0 Å². The van der Waals surface area contributed by atoms with Crippen molar-refractivity contribution in [1.29, 1.82) is 0 Å². The van der Waals surface area contributed by atoms with E-state index in [1.807, 2.05) is 0 Å². The molecule has 0 fully saturated rings. The van der Waals surface area contributed by atoms with Crippen LogP contribution in [-0.2, 0) is 19.0 Å². The molecule has 3 atom stereocenters. The number of rotatable bonds is 15. The molecule has 0 aromatic carbocycles. The second kappa shape index (κ2) is 14.8. The minimum atomic E-state index is -1.22. The van der Waals surface area contributed by atoms with Crippen LogP contribution >= 0.6 is 0 Å². The summed E-state index contributed by atoms with van der Waals surface area (Å²) in [4.78, 5) is 10.7. The third kappa shape index (κ3) is 14.6. The van der Waals surface area contributed by atoms with Crippen molar-refractivity contribution in [3.63, 3.8) is 0 Å². The molecular formula is C16H33FN2O4. The molecule has 0 heterocycles. The number of alkyl halides is 1. The standard InChI is InChI=1S/C16H33FN2O4/c1-5-13(2)18-6-7-21-8-9-22-10-11-23-14(3)16(17)12-19-15(4)20/h13-14,16,18H,5-12H2,1-4H3,(H,19,20). The van der Waals surface area contributed by atoms with E-state index in [9.17, 15) is 9.18 Å². The molecule has 0 aliphatic carbocycles. The molecule has 0 bridgehead atoms. The van der Waals surface area contributed by atoms with E-state index in [1.54, 1.807) is 6.92 Å². The van der Waals surface area contributed by atoms with Crippen LogP contribution in [0.2, 0.25) is 0 Å². The van der Waals surface area contributed by atoms with Gasteiger partial charge >= 0.3 is 0 Å². The third-order valence-electron chi connectivity index (χ3n) is 3.39. The molecule has 0 aliphatic rings. The van der Waals surface area contributed by atoms with Crippen molar-refractivity contribution < 1.29 is 23.4 Å². The van der Waals surface area contributed by atoms with E-state index in [0.29, 0.717) is 39.1 Å². The van der Waals surface area contributed by atoms with E-state index in [1.165, 1.54) is 6.92 Å². The fourth-order valence-electron chi connectivity index (χ4n) is 1.65. The zero-order chi connectivity index (χ0) is 17.5. The normalized spacial score (nSPS) is 15.2. The predicted molar refractivity (Wildman–Crippen MR) is 88.4 cm³/mol. The molecule has 138 valence electrons. The number of amides is 1. The number of halogens is 1.